The molecule has 7 heteroatoms. The first-order valence-electron chi connectivity index (χ1n) is 7.58. The summed E-state index contributed by atoms with van der Waals surface area (Å²) in [6, 6.07) is 1.40. The van der Waals surface area contributed by atoms with Crippen LogP contribution in [-0.2, 0) is 0 Å². The molecule has 3 heterocycles. The molecule has 120 valence electrons. The Balaban J connectivity index is 1.80. The zero-order valence-electron chi connectivity index (χ0n) is 12.3. The predicted octanol–water partition coefficient (Wildman–Crippen LogP) is 0.605. The fourth-order valence-corrected chi connectivity index (χ4v) is 3.68. The molecule has 1 spiro atoms. The van der Waals surface area contributed by atoms with Gasteiger partial charge in [0.05, 0.1) is 11.7 Å². The van der Waals surface area contributed by atoms with Crippen molar-refractivity contribution in [3.8, 4) is 0 Å². The zero-order valence-corrected chi connectivity index (χ0v) is 13.0. The maximum atomic E-state index is 12.6. The van der Waals surface area contributed by atoms with Gasteiger partial charge in [-0.15, -0.1) is 0 Å². The molecule has 22 heavy (non-hydrogen) atoms. The van der Waals surface area contributed by atoms with Crippen molar-refractivity contribution >= 4 is 17.5 Å². The summed E-state index contributed by atoms with van der Waals surface area (Å²) in [6.07, 6.45) is 3.50. The largest absolute Gasteiger partial charge is 0.392 e. The first-order valence-corrected chi connectivity index (χ1v) is 7.96. The Labute approximate surface area is 133 Å². The van der Waals surface area contributed by atoms with E-state index in [0.717, 1.165) is 25.9 Å². The maximum absolute atomic E-state index is 12.6. The van der Waals surface area contributed by atoms with Crippen molar-refractivity contribution in [1.82, 2.24) is 15.2 Å². The van der Waals surface area contributed by atoms with Crippen molar-refractivity contribution < 1.29 is 9.90 Å². The van der Waals surface area contributed by atoms with E-state index < -0.39 is 5.56 Å². The molecule has 0 unspecified atom stereocenters. The number of nitrogens with zero attached hydrogens (tertiary/aromatic N) is 1. The van der Waals surface area contributed by atoms with Crippen molar-refractivity contribution in [1.29, 1.82) is 0 Å². The maximum Gasteiger partial charge on any atom is 0.266 e. The van der Waals surface area contributed by atoms with Crippen LogP contribution in [0.2, 0.25) is 5.02 Å². The number of pyridine rings is 1. The highest BCUT2D eigenvalue weighted by atomic mass is 35.5. The predicted molar refractivity (Wildman–Crippen MR) is 83.1 cm³/mol. The van der Waals surface area contributed by atoms with E-state index in [4.69, 9.17) is 11.6 Å². The molecule has 6 nitrogen and oxygen atoms in total. The molecule has 0 saturated carbocycles. The SMILES string of the molecule is O=C(c1c[nH]c(=O)c(Cl)c1)N1CCC[C@]2(CNCC[C@@H]2O)C1. The Morgan fingerprint density at radius 2 is 2.32 bits per heavy atom. The summed E-state index contributed by atoms with van der Waals surface area (Å²) in [6.45, 7) is 2.72. The van der Waals surface area contributed by atoms with Crippen LogP contribution < -0.4 is 10.9 Å². The van der Waals surface area contributed by atoms with Crippen LogP contribution in [0.25, 0.3) is 0 Å². The van der Waals surface area contributed by atoms with Crippen LogP contribution in [0.3, 0.4) is 0 Å². The normalized spacial score (nSPS) is 28.8. The van der Waals surface area contributed by atoms with E-state index in [1.54, 1.807) is 4.90 Å². The van der Waals surface area contributed by atoms with Crippen LogP contribution in [-0.4, -0.2) is 53.2 Å². The second-order valence-corrected chi connectivity index (χ2v) is 6.65. The van der Waals surface area contributed by atoms with Crippen molar-refractivity contribution in [2.75, 3.05) is 26.2 Å². The quantitative estimate of drug-likeness (QED) is 0.706. The molecule has 2 aliphatic heterocycles. The van der Waals surface area contributed by atoms with Crippen LogP contribution >= 0.6 is 11.6 Å². The number of aliphatic hydroxyl groups is 1. The van der Waals surface area contributed by atoms with Gasteiger partial charge in [0.25, 0.3) is 11.5 Å². The molecule has 0 bridgehead atoms. The van der Waals surface area contributed by atoms with Gasteiger partial charge in [-0.05, 0) is 31.9 Å². The summed E-state index contributed by atoms with van der Waals surface area (Å²) in [4.78, 5) is 28.2. The van der Waals surface area contributed by atoms with Crippen LogP contribution in [0.15, 0.2) is 17.1 Å². The lowest BCUT2D eigenvalue weighted by Gasteiger charge is -2.48. The lowest BCUT2D eigenvalue weighted by molar-refractivity contribution is -0.0433. The smallest absolute Gasteiger partial charge is 0.266 e. The topological polar surface area (TPSA) is 85.4 Å². The number of hydrogen-bond donors (Lipinski definition) is 3. The summed E-state index contributed by atoms with van der Waals surface area (Å²) in [7, 11) is 0. The molecule has 0 aromatic carbocycles. The van der Waals surface area contributed by atoms with Gasteiger partial charge in [-0.3, -0.25) is 9.59 Å². The number of aliphatic hydroxyl groups excluding tert-OH is 1. The van der Waals surface area contributed by atoms with Gasteiger partial charge in [-0.1, -0.05) is 11.6 Å². The number of carbonyl (C=O) groups excluding carboxylic acids is 1. The zero-order chi connectivity index (χ0) is 15.7. The second-order valence-electron chi connectivity index (χ2n) is 6.24. The molecule has 2 fully saturated rings. The van der Waals surface area contributed by atoms with Crippen LogP contribution in [0.5, 0.6) is 0 Å². The summed E-state index contributed by atoms with van der Waals surface area (Å²) in [5, 5.41) is 13.7. The minimum Gasteiger partial charge on any atom is -0.392 e. The number of halogens is 1. The Kier molecular flexibility index (Phi) is 4.25. The Morgan fingerprint density at radius 1 is 1.50 bits per heavy atom. The van der Waals surface area contributed by atoms with E-state index in [2.05, 4.69) is 10.3 Å². The highest BCUT2D eigenvalue weighted by Gasteiger charge is 2.44. The third-order valence-corrected chi connectivity index (χ3v) is 5.06. The van der Waals surface area contributed by atoms with Crippen molar-refractivity contribution in [2.24, 2.45) is 5.41 Å². The van der Waals surface area contributed by atoms with E-state index in [1.165, 1.54) is 12.3 Å². The van der Waals surface area contributed by atoms with Crippen LogP contribution in [0.1, 0.15) is 29.6 Å². The lowest BCUT2D eigenvalue weighted by Crippen LogP contribution is -2.58. The van der Waals surface area contributed by atoms with Gasteiger partial charge < -0.3 is 20.3 Å². The fraction of sp³-hybridized carbons (Fsp3) is 0.600. The molecular weight excluding hydrogens is 306 g/mol. The third-order valence-electron chi connectivity index (χ3n) is 4.78. The van der Waals surface area contributed by atoms with Gasteiger partial charge in [-0.25, -0.2) is 0 Å². The molecular formula is C15H20ClN3O3. The molecule has 1 aromatic heterocycles. The highest BCUT2D eigenvalue weighted by Crippen LogP contribution is 2.36. The van der Waals surface area contributed by atoms with E-state index in [0.29, 0.717) is 25.1 Å². The standard InChI is InChI=1S/C15H20ClN3O3/c16-11-6-10(7-18-13(11)21)14(22)19-5-1-3-15(9-19)8-17-4-2-12(15)20/h6-7,12,17,20H,1-5,8-9H2,(H,18,21)/t12-,15-/m0/s1. The summed E-state index contributed by atoms with van der Waals surface area (Å²) >= 11 is 5.80. The monoisotopic (exact) mass is 325 g/mol. The van der Waals surface area contributed by atoms with Gasteiger partial charge in [-0.2, -0.15) is 0 Å². The second kappa shape index (κ2) is 6.02. The minimum absolute atomic E-state index is 0.0111. The van der Waals surface area contributed by atoms with E-state index in [1.807, 2.05) is 0 Å². The molecule has 2 aliphatic rings. The van der Waals surface area contributed by atoms with Crippen molar-refractivity contribution in [3.05, 3.63) is 33.2 Å². The first kappa shape index (κ1) is 15.5. The molecule has 1 amide bonds. The lowest BCUT2D eigenvalue weighted by atomic mass is 9.72. The molecule has 0 radical (unpaired) electrons. The van der Waals surface area contributed by atoms with Gasteiger partial charge in [0.15, 0.2) is 0 Å². The number of H-pyrrole nitrogens is 1. The van der Waals surface area contributed by atoms with E-state index >= 15 is 0 Å². The molecule has 2 atom stereocenters. The average Bonchev–Trinajstić information content (AvgIpc) is 2.53. The van der Waals surface area contributed by atoms with Crippen molar-refractivity contribution in [2.45, 2.75) is 25.4 Å². The van der Waals surface area contributed by atoms with Crippen LogP contribution in [0, 0.1) is 5.41 Å². The molecule has 3 rings (SSSR count). The van der Waals surface area contributed by atoms with Gasteiger partial charge in [0, 0.05) is 31.2 Å². The van der Waals surface area contributed by atoms with Crippen LogP contribution in [0.4, 0.5) is 0 Å². The molecule has 2 saturated heterocycles. The number of rotatable bonds is 1. The molecule has 1 aromatic rings. The number of aromatic amines is 1. The summed E-state index contributed by atoms with van der Waals surface area (Å²) in [5.41, 5.74) is -0.293. The van der Waals surface area contributed by atoms with Gasteiger partial charge in [0.1, 0.15) is 5.02 Å². The number of piperidine rings is 2. The summed E-state index contributed by atoms with van der Waals surface area (Å²) < 4.78 is 0. The van der Waals surface area contributed by atoms with E-state index in [-0.39, 0.29) is 22.4 Å². The first-order chi connectivity index (χ1) is 10.5. The number of hydrogen-bond acceptors (Lipinski definition) is 4. The van der Waals surface area contributed by atoms with E-state index in [9.17, 15) is 14.7 Å². The average molecular weight is 326 g/mol. The molecule has 0 aliphatic carbocycles. The number of amides is 1. The Bertz CT molecular complexity index is 629. The Hall–Kier alpha value is -1.37. The number of aromatic nitrogens is 1. The number of likely N-dealkylation sites (tertiary alicyclic amines) is 1. The van der Waals surface area contributed by atoms with Gasteiger partial charge in [0.2, 0.25) is 0 Å². The highest BCUT2D eigenvalue weighted by molar-refractivity contribution is 6.30. The molecule has 3 N–H and O–H groups in total. The van der Waals surface area contributed by atoms with Crippen molar-refractivity contribution in [3.63, 3.8) is 0 Å². The summed E-state index contributed by atoms with van der Waals surface area (Å²) in [5.74, 6) is -0.157. The number of nitrogens with one attached hydrogen (secondary N) is 2. The fourth-order valence-electron chi connectivity index (χ4n) is 3.51. The minimum atomic E-state index is -0.403. The third kappa shape index (κ3) is 2.78. The van der Waals surface area contributed by atoms with Gasteiger partial charge >= 0.3 is 0 Å². The number of carbonyl (C=O) groups is 1. The Morgan fingerprint density at radius 3 is 3.05 bits per heavy atom.